The zero-order chi connectivity index (χ0) is 28.8. The van der Waals surface area contributed by atoms with Gasteiger partial charge in [0.15, 0.2) is 0 Å². The molecule has 1 fully saturated rings. The topological polar surface area (TPSA) is 111 Å². The number of amides is 2. The smallest absolute Gasteiger partial charge is 0.251 e. The molecule has 0 unspecified atom stereocenters. The van der Waals surface area contributed by atoms with Crippen LogP contribution in [0.1, 0.15) is 24.4 Å². The first-order valence-electron chi connectivity index (χ1n) is 13.1. The van der Waals surface area contributed by atoms with Gasteiger partial charge < -0.3 is 14.8 Å². The minimum absolute atomic E-state index is 0.0375. The molecule has 2 amide bonds. The molecule has 0 spiro atoms. The maximum absolute atomic E-state index is 14.3. The third kappa shape index (κ3) is 6.69. The number of carbonyl (C=O) groups excluding carboxylic acids is 2. The lowest BCUT2D eigenvalue weighted by Crippen LogP contribution is -2.46. The van der Waals surface area contributed by atoms with E-state index in [1.54, 1.807) is 60.7 Å². The predicted molar refractivity (Wildman–Crippen MR) is 150 cm³/mol. The Morgan fingerprint density at radius 2 is 1.90 bits per heavy atom. The first-order chi connectivity index (χ1) is 19.9. The Kier molecular flexibility index (Phi) is 8.85. The van der Waals surface area contributed by atoms with Gasteiger partial charge in [-0.3, -0.25) is 14.5 Å². The van der Waals surface area contributed by atoms with Crippen molar-refractivity contribution in [1.82, 2.24) is 25.5 Å². The van der Waals surface area contributed by atoms with Crippen molar-refractivity contribution in [2.45, 2.75) is 31.5 Å². The molecule has 4 aromatic rings. The number of methoxy groups -OCH3 is 1. The van der Waals surface area contributed by atoms with Crippen LogP contribution >= 0.6 is 11.6 Å². The number of hydrogen-bond acceptors (Lipinski definition) is 7. The van der Waals surface area contributed by atoms with Crippen molar-refractivity contribution in [2.24, 2.45) is 0 Å². The maximum atomic E-state index is 14.3. The fraction of sp³-hybridized carbons (Fsp3) is 0.276. The highest BCUT2D eigenvalue weighted by Crippen LogP contribution is 2.31. The van der Waals surface area contributed by atoms with Crippen molar-refractivity contribution in [3.8, 4) is 17.1 Å². The van der Waals surface area contributed by atoms with Gasteiger partial charge in [0.25, 0.3) is 5.91 Å². The highest BCUT2D eigenvalue weighted by Gasteiger charge is 2.34. The second-order valence-corrected chi connectivity index (χ2v) is 9.86. The van der Waals surface area contributed by atoms with E-state index in [1.165, 1.54) is 24.1 Å². The van der Waals surface area contributed by atoms with Crippen LogP contribution in [-0.4, -0.2) is 58.4 Å². The van der Waals surface area contributed by atoms with E-state index in [9.17, 15) is 14.0 Å². The summed E-state index contributed by atoms with van der Waals surface area (Å²) >= 11 is 6.14. The summed E-state index contributed by atoms with van der Waals surface area (Å²) in [5.74, 6) is -0.788. The minimum atomic E-state index is -1.07. The van der Waals surface area contributed by atoms with E-state index in [1.807, 2.05) is 0 Å². The summed E-state index contributed by atoms with van der Waals surface area (Å²) in [7, 11) is 1.54. The number of tetrazole rings is 1. The quantitative estimate of drug-likeness (QED) is 0.300. The minimum Gasteiger partial charge on any atom is -0.497 e. The van der Waals surface area contributed by atoms with Gasteiger partial charge in [-0.2, -0.15) is 4.80 Å². The first-order valence-corrected chi connectivity index (χ1v) is 13.4. The zero-order valence-corrected chi connectivity index (χ0v) is 23.0. The zero-order valence-electron chi connectivity index (χ0n) is 22.2. The Balaban J connectivity index is 1.49. The largest absolute Gasteiger partial charge is 0.497 e. The lowest BCUT2D eigenvalue weighted by molar-refractivity contribution is -0.127. The molecule has 0 radical (unpaired) electrons. The van der Waals surface area contributed by atoms with Gasteiger partial charge >= 0.3 is 0 Å². The summed E-state index contributed by atoms with van der Waals surface area (Å²) in [6.07, 6.45) is 1.68. The van der Waals surface area contributed by atoms with Crippen molar-refractivity contribution in [3.63, 3.8) is 0 Å². The van der Waals surface area contributed by atoms with Crippen LogP contribution in [0.25, 0.3) is 11.4 Å². The van der Waals surface area contributed by atoms with Crippen LogP contribution in [0.3, 0.4) is 0 Å². The summed E-state index contributed by atoms with van der Waals surface area (Å²) in [6.45, 7) is 0.595. The highest BCUT2D eigenvalue weighted by atomic mass is 35.5. The molecule has 1 aliphatic heterocycles. The summed E-state index contributed by atoms with van der Waals surface area (Å²) in [5.41, 5.74) is 1.14. The number of nitrogens with zero attached hydrogens (tertiary/aromatic N) is 5. The van der Waals surface area contributed by atoms with Gasteiger partial charge in [-0.1, -0.05) is 35.9 Å². The molecule has 0 bridgehead atoms. The molecule has 1 aliphatic rings. The Labute approximate surface area is 241 Å². The molecule has 1 N–H and O–H groups in total. The van der Waals surface area contributed by atoms with Gasteiger partial charge in [0, 0.05) is 23.9 Å². The fourth-order valence-corrected chi connectivity index (χ4v) is 4.74. The van der Waals surface area contributed by atoms with Crippen LogP contribution in [0.4, 0.5) is 10.1 Å². The third-order valence-corrected chi connectivity index (χ3v) is 6.94. The molecule has 12 heteroatoms. The molecule has 1 aromatic heterocycles. The average Bonchev–Trinajstić information content (AvgIpc) is 3.68. The van der Waals surface area contributed by atoms with Crippen molar-refractivity contribution < 1.29 is 23.5 Å². The number of hydrogen-bond donors (Lipinski definition) is 1. The molecule has 0 saturated carbocycles. The van der Waals surface area contributed by atoms with Crippen molar-refractivity contribution in [2.75, 3.05) is 25.2 Å². The van der Waals surface area contributed by atoms with E-state index in [0.717, 1.165) is 17.6 Å². The summed E-state index contributed by atoms with van der Waals surface area (Å²) in [4.78, 5) is 30.2. The van der Waals surface area contributed by atoms with Crippen molar-refractivity contribution >= 4 is 29.1 Å². The summed E-state index contributed by atoms with van der Waals surface area (Å²) in [5, 5.41) is 15.5. The van der Waals surface area contributed by atoms with Gasteiger partial charge in [-0.15, -0.1) is 10.2 Å². The maximum Gasteiger partial charge on any atom is 0.251 e. The van der Waals surface area contributed by atoms with E-state index in [-0.39, 0.29) is 24.0 Å². The van der Waals surface area contributed by atoms with Gasteiger partial charge in [-0.05, 0) is 72.1 Å². The lowest BCUT2D eigenvalue weighted by atomic mass is 10.0. The van der Waals surface area contributed by atoms with Crippen molar-refractivity contribution in [3.05, 3.63) is 89.2 Å². The number of nitrogens with one attached hydrogen (secondary N) is 1. The molecule has 2 heterocycles. The highest BCUT2D eigenvalue weighted by molar-refractivity contribution is 6.30. The third-order valence-electron chi connectivity index (χ3n) is 6.68. The molecule has 1 saturated heterocycles. The van der Waals surface area contributed by atoms with Gasteiger partial charge in [-0.25, -0.2) is 4.39 Å². The first kappa shape index (κ1) is 28.2. The van der Waals surface area contributed by atoms with Crippen molar-refractivity contribution in [1.29, 1.82) is 0 Å². The van der Waals surface area contributed by atoms with Crippen LogP contribution in [0.2, 0.25) is 5.02 Å². The SMILES string of the molecule is COc1ccc(N(C(=O)Cn2nnc(-c3ccccc3F)n2)[C@@H](C(=O)NC[C@H]2CCCO2)c2ccc(Cl)cc2)cc1. The molecular weight excluding hydrogens is 551 g/mol. The number of carbonyl (C=O) groups is 2. The van der Waals surface area contributed by atoms with E-state index in [2.05, 4.69) is 20.7 Å². The standard InChI is InChI=1S/C29H28ClFN6O4/c1-40-22-14-12-21(13-15-22)37(26(38)18-36-34-28(33-35-36)24-6-2-3-7-25(24)31)27(19-8-10-20(30)11-9-19)29(39)32-17-23-5-4-16-41-23/h2-3,6-15,23,27H,4-5,16-18H2,1H3,(H,32,39)/t23-,27-/m1/s1. The van der Waals surface area contributed by atoms with E-state index < -0.39 is 23.7 Å². The number of aromatic nitrogens is 4. The van der Waals surface area contributed by atoms with Crippen LogP contribution in [0, 0.1) is 5.82 Å². The monoisotopic (exact) mass is 578 g/mol. The van der Waals surface area contributed by atoms with E-state index in [4.69, 9.17) is 21.1 Å². The molecule has 212 valence electrons. The molecule has 10 nitrogen and oxygen atoms in total. The number of benzene rings is 3. The average molecular weight is 579 g/mol. The molecule has 41 heavy (non-hydrogen) atoms. The van der Waals surface area contributed by atoms with Crippen LogP contribution in [0.5, 0.6) is 5.75 Å². The van der Waals surface area contributed by atoms with E-state index >= 15 is 0 Å². The molecular formula is C29H28ClFN6O4. The van der Waals surface area contributed by atoms with Gasteiger partial charge in [0.2, 0.25) is 11.7 Å². The molecule has 3 aromatic carbocycles. The Bertz CT molecular complexity index is 1490. The number of halogens is 2. The number of ether oxygens (including phenoxy) is 2. The Morgan fingerprint density at radius 1 is 1.15 bits per heavy atom. The summed E-state index contributed by atoms with van der Waals surface area (Å²) < 4.78 is 25.2. The van der Waals surface area contributed by atoms with Gasteiger partial charge in [0.05, 0.1) is 18.8 Å². The predicted octanol–water partition coefficient (Wildman–Crippen LogP) is 4.21. The van der Waals surface area contributed by atoms with Crippen LogP contribution in [-0.2, 0) is 20.9 Å². The lowest BCUT2D eigenvalue weighted by Gasteiger charge is -2.31. The van der Waals surface area contributed by atoms with E-state index in [0.29, 0.717) is 35.2 Å². The Morgan fingerprint density at radius 3 is 2.59 bits per heavy atom. The molecule has 0 aliphatic carbocycles. The second-order valence-electron chi connectivity index (χ2n) is 9.42. The van der Waals surface area contributed by atoms with Crippen LogP contribution < -0.4 is 15.0 Å². The Hall–Kier alpha value is -4.35. The number of anilines is 1. The van der Waals surface area contributed by atoms with Gasteiger partial charge in [0.1, 0.15) is 24.2 Å². The number of rotatable bonds is 10. The second kappa shape index (κ2) is 12.9. The molecule has 5 rings (SSSR count). The molecule has 2 atom stereocenters. The fourth-order valence-electron chi connectivity index (χ4n) is 4.62. The normalized spacial score (nSPS) is 15.3. The summed E-state index contributed by atoms with van der Waals surface area (Å²) in [6, 6.07) is 18.5. The van der Waals surface area contributed by atoms with Crippen LogP contribution in [0.15, 0.2) is 72.8 Å².